The maximum Gasteiger partial charge on any atom is 0.139 e. The Labute approximate surface area is 101 Å². The second-order valence-corrected chi connectivity index (χ2v) is 4.99. The van der Waals surface area contributed by atoms with Crippen molar-refractivity contribution >= 4 is 11.6 Å². The summed E-state index contributed by atoms with van der Waals surface area (Å²) in [5.74, 6) is 0.692. The van der Waals surface area contributed by atoms with Gasteiger partial charge < -0.3 is 9.84 Å². The van der Waals surface area contributed by atoms with Crippen LogP contribution >= 0.6 is 11.6 Å². The molecule has 2 rings (SSSR count). The minimum atomic E-state index is -0.405. The van der Waals surface area contributed by atoms with Gasteiger partial charge in [-0.15, -0.1) is 0 Å². The number of aliphatic hydroxyl groups is 1. The molecule has 1 aromatic rings. The van der Waals surface area contributed by atoms with E-state index in [9.17, 15) is 5.11 Å². The summed E-state index contributed by atoms with van der Waals surface area (Å²) >= 11 is 6.09. The summed E-state index contributed by atoms with van der Waals surface area (Å²) in [6, 6.07) is 5.72. The fourth-order valence-corrected chi connectivity index (χ4v) is 2.39. The Hall–Kier alpha value is -0.730. The number of hydrogen-bond donors (Lipinski definition) is 1. The maximum absolute atomic E-state index is 9.47. The molecule has 0 aromatic heterocycles. The second-order valence-electron chi connectivity index (χ2n) is 4.58. The van der Waals surface area contributed by atoms with Gasteiger partial charge in [-0.25, -0.2) is 0 Å². The van der Waals surface area contributed by atoms with E-state index in [4.69, 9.17) is 16.3 Å². The van der Waals surface area contributed by atoms with E-state index in [1.807, 2.05) is 25.1 Å². The lowest BCUT2D eigenvalue weighted by atomic mass is 10.0. The molecular weight excluding hydrogens is 224 g/mol. The fraction of sp³-hybridized carbons (Fsp3) is 0.538. The zero-order valence-electron chi connectivity index (χ0n) is 9.50. The van der Waals surface area contributed by atoms with Crippen molar-refractivity contribution in [3.63, 3.8) is 0 Å². The quantitative estimate of drug-likeness (QED) is 0.878. The minimum Gasteiger partial charge on any atom is -0.483 e. The van der Waals surface area contributed by atoms with E-state index in [0.29, 0.717) is 10.8 Å². The summed E-state index contributed by atoms with van der Waals surface area (Å²) in [6.07, 6.45) is 4.05. The Morgan fingerprint density at radius 2 is 2.06 bits per heavy atom. The number of hydrogen-bond acceptors (Lipinski definition) is 2. The van der Waals surface area contributed by atoms with E-state index in [0.717, 1.165) is 31.2 Å². The van der Waals surface area contributed by atoms with Crippen molar-refractivity contribution in [3.8, 4) is 5.75 Å². The summed E-state index contributed by atoms with van der Waals surface area (Å²) in [4.78, 5) is 0. The van der Waals surface area contributed by atoms with Crippen LogP contribution in [0.15, 0.2) is 18.2 Å². The van der Waals surface area contributed by atoms with Crippen LogP contribution in [0.5, 0.6) is 5.75 Å². The highest BCUT2D eigenvalue weighted by Gasteiger charge is 2.35. The molecule has 0 amide bonds. The van der Waals surface area contributed by atoms with Gasteiger partial charge in [-0.05, 0) is 50.3 Å². The lowest BCUT2D eigenvalue weighted by molar-refractivity contribution is 0.0152. The molecule has 1 aliphatic rings. The van der Waals surface area contributed by atoms with Crippen molar-refractivity contribution in [2.45, 2.75) is 38.2 Å². The molecule has 0 heterocycles. The van der Waals surface area contributed by atoms with Crippen molar-refractivity contribution in [2.75, 3.05) is 6.61 Å². The highest BCUT2D eigenvalue weighted by molar-refractivity contribution is 6.32. The molecule has 0 saturated heterocycles. The van der Waals surface area contributed by atoms with Crippen molar-refractivity contribution in [1.29, 1.82) is 0 Å². The van der Waals surface area contributed by atoms with Gasteiger partial charge in [0.25, 0.3) is 0 Å². The van der Waals surface area contributed by atoms with Crippen LogP contribution in [0.4, 0.5) is 0 Å². The summed E-state index contributed by atoms with van der Waals surface area (Å²) in [7, 11) is 0. The zero-order chi connectivity index (χ0) is 11.6. The number of aliphatic hydroxyl groups excluding tert-OH is 1. The molecular formula is C13H17ClO2. The minimum absolute atomic E-state index is 0.0667. The Morgan fingerprint density at radius 1 is 1.38 bits per heavy atom. The molecule has 0 aliphatic heterocycles. The molecule has 1 saturated carbocycles. The first-order chi connectivity index (χ1) is 7.65. The summed E-state index contributed by atoms with van der Waals surface area (Å²) in [5.41, 5.74) is 0.711. The molecule has 88 valence electrons. The maximum atomic E-state index is 9.47. The first kappa shape index (κ1) is 11.7. The lowest BCUT2D eigenvalue weighted by Crippen LogP contribution is -2.36. The van der Waals surface area contributed by atoms with Crippen LogP contribution < -0.4 is 4.74 Å². The van der Waals surface area contributed by atoms with Gasteiger partial charge in [0.1, 0.15) is 11.4 Å². The zero-order valence-corrected chi connectivity index (χ0v) is 10.3. The van der Waals surface area contributed by atoms with Crippen LogP contribution in [0.25, 0.3) is 0 Å². The number of aryl methyl sites for hydroxylation is 1. The van der Waals surface area contributed by atoms with Crippen LogP contribution in [0.3, 0.4) is 0 Å². The number of ether oxygens (including phenoxy) is 1. The Kier molecular flexibility index (Phi) is 3.41. The first-order valence-corrected chi connectivity index (χ1v) is 6.09. The Morgan fingerprint density at radius 3 is 2.69 bits per heavy atom. The van der Waals surface area contributed by atoms with E-state index < -0.39 is 5.60 Å². The molecule has 0 radical (unpaired) electrons. The summed E-state index contributed by atoms with van der Waals surface area (Å²) in [5, 5.41) is 10.1. The smallest absolute Gasteiger partial charge is 0.139 e. The van der Waals surface area contributed by atoms with E-state index in [1.54, 1.807) is 0 Å². The SMILES string of the molecule is Cc1ccc(Cl)c(OC2(CO)CCCC2)c1. The first-order valence-electron chi connectivity index (χ1n) is 5.71. The highest BCUT2D eigenvalue weighted by atomic mass is 35.5. The molecule has 16 heavy (non-hydrogen) atoms. The Balaban J connectivity index is 2.21. The predicted molar refractivity (Wildman–Crippen MR) is 65.1 cm³/mol. The molecule has 0 bridgehead atoms. The molecule has 0 unspecified atom stereocenters. The predicted octanol–water partition coefficient (Wildman–Crippen LogP) is 3.33. The average molecular weight is 241 g/mol. The molecule has 3 heteroatoms. The lowest BCUT2D eigenvalue weighted by Gasteiger charge is -2.28. The molecule has 1 N–H and O–H groups in total. The standard InChI is InChI=1S/C13H17ClO2/c1-10-4-5-11(14)12(8-10)16-13(9-15)6-2-3-7-13/h4-5,8,15H,2-3,6-7,9H2,1H3. The second kappa shape index (κ2) is 4.64. The molecule has 1 aromatic carbocycles. The summed E-state index contributed by atoms with van der Waals surface area (Å²) < 4.78 is 5.94. The van der Waals surface area contributed by atoms with Crippen LogP contribution in [0.2, 0.25) is 5.02 Å². The van der Waals surface area contributed by atoms with Gasteiger partial charge >= 0.3 is 0 Å². The monoisotopic (exact) mass is 240 g/mol. The van der Waals surface area contributed by atoms with Crippen molar-refractivity contribution < 1.29 is 9.84 Å². The van der Waals surface area contributed by atoms with Crippen LogP contribution in [0, 0.1) is 6.92 Å². The van der Waals surface area contributed by atoms with E-state index in [1.165, 1.54) is 0 Å². The number of benzene rings is 1. The van der Waals surface area contributed by atoms with Crippen LogP contribution in [0.1, 0.15) is 31.2 Å². The molecule has 1 fully saturated rings. The topological polar surface area (TPSA) is 29.5 Å². The number of rotatable bonds is 3. The van der Waals surface area contributed by atoms with E-state index >= 15 is 0 Å². The fourth-order valence-electron chi connectivity index (χ4n) is 2.23. The van der Waals surface area contributed by atoms with Crippen LogP contribution in [-0.4, -0.2) is 17.3 Å². The van der Waals surface area contributed by atoms with Crippen molar-refractivity contribution in [1.82, 2.24) is 0 Å². The van der Waals surface area contributed by atoms with E-state index in [-0.39, 0.29) is 6.61 Å². The largest absolute Gasteiger partial charge is 0.483 e. The van der Waals surface area contributed by atoms with Gasteiger partial charge in [0.2, 0.25) is 0 Å². The van der Waals surface area contributed by atoms with Crippen molar-refractivity contribution in [3.05, 3.63) is 28.8 Å². The van der Waals surface area contributed by atoms with Crippen LogP contribution in [-0.2, 0) is 0 Å². The average Bonchev–Trinajstić information content (AvgIpc) is 2.73. The third-order valence-corrected chi connectivity index (χ3v) is 3.53. The van der Waals surface area contributed by atoms with E-state index in [2.05, 4.69) is 0 Å². The molecule has 0 atom stereocenters. The van der Waals surface area contributed by atoms with Gasteiger partial charge in [0, 0.05) is 0 Å². The highest BCUT2D eigenvalue weighted by Crippen LogP contribution is 2.37. The molecule has 2 nitrogen and oxygen atoms in total. The van der Waals surface area contributed by atoms with Gasteiger partial charge in [0.05, 0.1) is 11.6 Å². The van der Waals surface area contributed by atoms with Gasteiger partial charge in [0.15, 0.2) is 0 Å². The third-order valence-electron chi connectivity index (χ3n) is 3.22. The van der Waals surface area contributed by atoms with Gasteiger partial charge in [-0.3, -0.25) is 0 Å². The summed E-state index contributed by atoms with van der Waals surface area (Å²) in [6.45, 7) is 2.07. The Bertz CT molecular complexity index is 370. The normalized spacial score (nSPS) is 18.7. The molecule has 1 aliphatic carbocycles. The number of halogens is 1. The van der Waals surface area contributed by atoms with Crippen molar-refractivity contribution in [2.24, 2.45) is 0 Å². The molecule has 0 spiro atoms. The van der Waals surface area contributed by atoms with Gasteiger partial charge in [-0.2, -0.15) is 0 Å². The van der Waals surface area contributed by atoms with Gasteiger partial charge in [-0.1, -0.05) is 17.7 Å². The third kappa shape index (κ3) is 2.33.